The molecule has 0 saturated carbocycles. The minimum Gasteiger partial charge on any atom is -0.454 e. The standard InChI is InChI=1S/C17H14O5/c18-15(11-21-16(19)13-7-3-1-4-8-13)12-22-17(20)14-9-5-2-6-10-14/h1-10H,11-12H2. The molecule has 0 spiro atoms. The average Bonchev–Trinajstić information content (AvgIpc) is 2.59. The first-order valence-electron chi connectivity index (χ1n) is 6.63. The summed E-state index contributed by atoms with van der Waals surface area (Å²) in [6.45, 7) is -0.869. The molecule has 0 atom stereocenters. The Morgan fingerprint density at radius 2 is 1.00 bits per heavy atom. The molecule has 0 bridgehead atoms. The molecule has 0 aliphatic heterocycles. The number of rotatable bonds is 6. The zero-order valence-corrected chi connectivity index (χ0v) is 11.7. The van der Waals surface area contributed by atoms with Crippen molar-refractivity contribution in [2.24, 2.45) is 0 Å². The van der Waals surface area contributed by atoms with Gasteiger partial charge in [-0.1, -0.05) is 36.4 Å². The molecule has 2 aromatic rings. The van der Waals surface area contributed by atoms with E-state index in [1.807, 2.05) is 0 Å². The molecule has 2 rings (SSSR count). The third-order valence-electron chi connectivity index (χ3n) is 2.75. The van der Waals surface area contributed by atoms with E-state index in [2.05, 4.69) is 0 Å². The van der Waals surface area contributed by atoms with Crippen LogP contribution in [0.3, 0.4) is 0 Å². The highest BCUT2D eigenvalue weighted by molar-refractivity contribution is 5.93. The van der Waals surface area contributed by atoms with Gasteiger partial charge < -0.3 is 9.47 Å². The van der Waals surface area contributed by atoms with Crippen molar-refractivity contribution in [3.63, 3.8) is 0 Å². The Kier molecular flexibility index (Phi) is 5.43. The minimum absolute atomic E-state index is 0.358. The van der Waals surface area contributed by atoms with Crippen LogP contribution in [0.25, 0.3) is 0 Å². The molecule has 5 heteroatoms. The summed E-state index contributed by atoms with van der Waals surface area (Å²) in [6.07, 6.45) is 0. The Morgan fingerprint density at radius 1 is 0.636 bits per heavy atom. The maximum absolute atomic E-state index is 11.6. The van der Waals surface area contributed by atoms with E-state index in [4.69, 9.17) is 9.47 Å². The Hall–Kier alpha value is -2.95. The molecule has 2 aromatic carbocycles. The minimum atomic E-state index is -0.594. The molecule has 5 nitrogen and oxygen atoms in total. The third kappa shape index (κ3) is 4.56. The van der Waals surface area contributed by atoms with E-state index in [1.165, 1.54) is 0 Å². The Labute approximate surface area is 127 Å². The first-order chi connectivity index (χ1) is 10.7. The maximum atomic E-state index is 11.6. The van der Waals surface area contributed by atoms with Gasteiger partial charge in [0, 0.05) is 0 Å². The predicted molar refractivity (Wildman–Crippen MR) is 78.5 cm³/mol. The smallest absolute Gasteiger partial charge is 0.338 e. The summed E-state index contributed by atoms with van der Waals surface area (Å²) in [6, 6.07) is 16.7. The molecule has 0 amide bonds. The van der Waals surface area contributed by atoms with Gasteiger partial charge in [0.1, 0.15) is 0 Å². The van der Waals surface area contributed by atoms with Crippen LogP contribution in [-0.4, -0.2) is 30.9 Å². The molecule has 0 unspecified atom stereocenters. The highest BCUT2D eigenvalue weighted by Gasteiger charge is 2.12. The number of ether oxygens (including phenoxy) is 2. The van der Waals surface area contributed by atoms with E-state index >= 15 is 0 Å². The first-order valence-corrected chi connectivity index (χ1v) is 6.63. The quantitative estimate of drug-likeness (QED) is 0.765. The van der Waals surface area contributed by atoms with Crippen molar-refractivity contribution in [1.29, 1.82) is 0 Å². The average molecular weight is 298 g/mol. The Bertz CT molecular complexity index is 592. The second-order valence-electron chi connectivity index (χ2n) is 4.42. The fourth-order valence-electron chi connectivity index (χ4n) is 1.65. The van der Waals surface area contributed by atoms with Crippen molar-refractivity contribution in [1.82, 2.24) is 0 Å². The lowest BCUT2D eigenvalue weighted by molar-refractivity contribution is -0.125. The van der Waals surface area contributed by atoms with Crippen LogP contribution < -0.4 is 0 Å². The topological polar surface area (TPSA) is 69.7 Å². The summed E-state index contributed by atoms with van der Waals surface area (Å²) >= 11 is 0. The maximum Gasteiger partial charge on any atom is 0.338 e. The van der Waals surface area contributed by atoms with Gasteiger partial charge in [0.15, 0.2) is 13.2 Å². The van der Waals surface area contributed by atoms with Crippen molar-refractivity contribution in [2.75, 3.05) is 13.2 Å². The number of esters is 2. The monoisotopic (exact) mass is 298 g/mol. The van der Waals surface area contributed by atoms with Crippen molar-refractivity contribution in [3.8, 4) is 0 Å². The number of benzene rings is 2. The molecule has 0 aliphatic rings. The second kappa shape index (κ2) is 7.73. The van der Waals surface area contributed by atoms with Gasteiger partial charge in [0.25, 0.3) is 0 Å². The number of ketones is 1. The Balaban J connectivity index is 1.74. The zero-order valence-electron chi connectivity index (χ0n) is 11.7. The van der Waals surface area contributed by atoms with Crippen LogP contribution >= 0.6 is 0 Å². The molecule has 0 aliphatic carbocycles. The van der Waals surface area contributed by atoms with Crippen LogP contribution in [0.4, 0.5) is 0 Å². The van der Waals surface area contributed by atoms with Gasteiger partial charge in [-0.15, -0.1) is 0 Å². The summed E-state index contributed by atoms with van der Waals surface area (Å²) in [5.74, 6) is -1.68. The molecule has 0 fully saturated rings. The summed E-state index contributed by atoms with van der Waals surface area (Å²) in [5.41, 5.74) is 0.716. The van der Waals surface area contributed by atoms with Gasteiger partial charge >= 0.3 is 11.9 Å². The fourth-order valence-corrected chi connectivity index (χ4v) is 1.65. The van der Waals surface area contributed by atoms with Crippen LogP contribution in [0.15, 0.2) is 60.7 Å². The van der Waals surface area contributed by atoms with E-state index in [1.54, 1.807) is 60.7 Å². The number of Topliss-reactive ketones (excluding diaryl/α,β-unsaturated/α-hetero) is 1. The third-order valence-corrected chi connectivity index (χ3v) is 2.75. The number of carbonyl (C=O) groups is 3. The van der Waals surface area contributed by atoms with E-state index in [0.717, 1.165) is 0 Å². The second-order valence-corrected chi connectivity index (χ2v) is 4.42. The van der Waals surface area contributed by atoms with Gasteiger partial charge in [0.05, 0.1) is 11.1 Å². The molecule has 0 saturated heterocycles. The highest BCUT2D eigenvalue weighted by Crippen LogP contribution is 2.02. The number of carbonyl (C=O) groups excluding carboxylic acids is 3. The van der Waals surface area contributed by atoms with Crippen LogP contribution in [0.2, 0.25) is 0 Å². The zero-order chi connectivity index (χ0) is 15.8. The molecular weight excluding hydrogens is 284 g/mol. The molecular formula is C17H14O5. The summed E-state index contributed by atoms with van der Waals surface area (Å²) < 4.78 is 9.70. The van der Waals surface area contributed by atoms with Crippen LogP contribution in [0.1, 0.15) is 20.7 Å². The van der Waals surface area contributed by atoms with Gasteiger partial charge in [-0.2, -0.15) is 0 Å². The van der Waals surface area contributed by atoms with Crippen LogP contribution in [0, 0.1) is 0 Å². The van der Waals surface area contributed by atoms with Crippen molar-refractivity contribution in [2.45, 2.75) is 0 Å². The molecule has 0 aromatic heterocycles. The van der Waals surface area contributed by atoms with Gasteiger partial charge in [-0.05, 0) is 24.3 Å². The van der Waals surface area contributed by atoms with Gasteiger partial charge in [-0.3, -0.25) is 4.79 Å². The molecule has 22 heavy (non-hydrogen) atoms. The SMILES string of the molecule is O=C(COC(=O)c1ccccc1)COC(=O)c1ccccc1. The van der Waals surface area contributed by atoms with Crippen LogP contribution in [0.5, 0.6) is 0 Å². The molecule has 0 heterocycles. The lowest BCUT2D eigenvalue weighted by Crippen LogP contribution is -2.20. The van der Waals surface area contributed by atoms with Gasteiger partial charge in [-0.25, -0.2) is 9.59 Å². The Morgan fingerprint density at radius 3 is 1.36 bits per heavy atom. The van der Waals surface area contributed by atoms with Crippen LogP contribution in [-0.2, 0) is 14.3 Å². The predicted octanol–water partition coefficient (Wildman–Crippen LogP) is 2.27. The molecule has 0 N–H and O–H groups in total. The lowest BCUT2D eigenvalue weighted by Gasteiger charge is -2.05. The summed E-state index contributed by atoms with van der Waals surface area (Å²) in [7, 11) is 0. The first kappa shape index (κ1) is 15.4. The normalized spacial score (nSPS) is 9.82. The van der Waals surface area contributed by atoms with Crippen molar-refractivity contribution < 1.29 is 23.9 Å². The number of hydrogen-bond donors (Lipinski definition) is 0. The summed E-state index contributed by atoms with van der Waals surface area (Å²) in [5, 5.41) is 0. The highest BCUT2D eigenvalue weighted by atomic mass is 16.6. The lowest BCUT2D eigenvalue weighted by atomic mass is 10.2. The number of hydrogen-bond acceptors (Lipinski definition) is 5. The van der Waals surface area contributed by atoms with E-state index in [0.29, 0.717) is 11.1 Å². The molecule has 0 radical (unpaired) electrons. The van der Waals surface area contributed by atoms with Crippen molar-refractivity contribution in [3.05, 3.63) is 71.8 Å². The summed E-state index contributed by atoms with van der Waals surface area (Å²) in [4.78, 5) is 34.8. The molecule has 112 valence electrons. The van der Waals surface area contributed by atoms with Gasteiger partial charge in [0.2, 0.25) is 5.78 Å². The van der Waals surface area contributed by atoms with E-state index in [-0.39, 0.29) is 0 Å². The van der Waals surface area contributed by atoms with E-state index in [9.17, 15) is 14.4 Å². The largest absolute Gasteiger partial charge is 0.454 e. The van der Waals surface area contributed by atoms with E-state index < -0.39 is 30.9 Å². The van der Waals surface area contributed by atoms with Crippen molar-refractivity contribution >= 4 is 17.7 Å². The fraction of sp³-hybridized carbons (Fsp3) is 0.118.